The van der Waals surface area contributed by atoms with E-state index in [2.05, 4.69) is 4.90 Å². The third kappa shape index (κ3) is 4.51. The van der Waals surface area contributed by atoms with E-state index in [1.165, 1.54) is 0 Å². The molecule has 2 aromatic rings. The van der Waals surface area contributed by atoms with Gasteiger partial charge in [0.1, 0.15) is 0 Å². The number of hydrogen-bond donors (Lipinski definition) is 0. The van der Waals surface area contributed by atoms with Crippen LogP contribution in [0.25, 0.3) is 0 Å². The van der Waals surface area contributed by atoms with Gasteiger partial charge in [0.2, 0.25) is 5.75 Å². The zero-order chi connectivity index (χ0) is 20.1. The van der Waals surface area contributed by atoms with Gasteiger partial charge in [-0.15, -0.1) is 0 Å². The van der Waals surface area contributed by atoms with Gasteiger partial charge >= 0.3 is 0 Å². The molecule has 1 aliphatic rings. The molecule has 28 heavy (non-hydrogen) atoms. The van der Waals surface area contributed by atoms with Crippen molar-refractivity contribution in [2.75, 3.05) is 47.5 Å². The summed E-state index contributed by atoms with van der Waals surface area (Å²) in [5, 5.41) is 0.576. The van der Waals surface area contributed by atoms with Crippen LogP contribution in [0.2, 0.25) is 5.02 Å². The molecule has 0 bridgehead atoms. The molecule has 0 atom stereocenters. The summed E-state index contributed by atoms with van der Waals surface area (Å²) < 4.78 is 16.2. The summed E-state index contributed by atoms with van der Waals surface area (Å²) in [4.78, 5) is 16.8. The van der Waals surface area contributed by atoms with Crippen LogP contribution < -0.4 is 14.2 Å². The van der Waals surface area contributed by atoms with Gasteiger partial charge in [-0.2, -0.15) is 0 Å². The first-order valence-corrected chi connectivity index (χ1v) is 9.49. The number of ether oxygens (including phenoxy) is 3. The number of benzene rings is 2. The minimum Gasteiger partial charge on any atom is -0.493 e. The van der Waals surface area contributed by atoms with Crippen molar-refractivity contribution in [3.05, 3.63) is 52.5 Å². The van der Waals surface area contributed by atoms with Gasteiger partial charge in [-0.25, -0.2) is 0 Å². The number of nitrogens with zero attached hydrogens (tertiary/aromatic N) is 2. The molecule has 1 aliphatic heterocycles. The molecule has 3 rings (SSSR count). The molecule has 150 valence electrons. The number of methoxy groups -OCH3 is 3. The summed E-state index contributed by atoms with van der Waals surface area (Å²) in [5.41, 5.74) is 1.70. The van der Waals surface area contributed by atoms with Crippen molar-refractivity contribution in [2.24, 2.45) is 0 Å². The van der Waals surface area contributed by atoms with Crippen molar-refractivity contribution in [2.45, 2.75) is 6.54 Å². The van der Waals surface area contributed by atoms with Crippen molar-refractivity contribution < 1.29 is 19.0 Å². The van der Waals surface area contributed by atoms with E-state index < -0.39 is 0 Å². The number of carbonyl (C=O) groups excluding carboxylic acids is 1. The number of piperazine rings is 1. The van der Waals surface area contributed by atoms with E-state index in [0.717, 1.165) is 25.2 Å². The lowest BCUT2D eigenvalue weighted by molar-refractivity contribution is 0.0628. The maximum absolute atomic E-state index is 12.7. The second kappa shape index (κ2) is 9.17. The predicted molar refractivity (Wildman–Crippen MR) is 109 cm³/mol. The molecule has 0 unspecified atom stereocenters. The van der Waals surface area contributed by atoms with Gasteiger partial charge in [-0.05, 0) is 35.9 Å². The summed E-state index contributed by atoms with van der Waals surface area (Å²) in [6.45, 7) is 3.69. The fourth-order valence-corrected chi connectivity index (χ4v) is 3.59. The number of hydrogen-bond acceptors (Lipinski definition) is 5. The first kappa shape index (κ1) is 20.3. The third-order valence-corrected chi connectivity index (χ3v) is 5.10. The molecule has 7 heteroatoms. The van der Waals surface area contributed by atoms with Gasteiger partial charge in [0.25, 0.3) is 5.91 Å². The highest BCUT2D eigenvalue weighted by atomic mass is 35.5. The first-order chi connectivity index (χ1) is 13.5. The molecule has 1 fully saturated rings. The van der Waals surface area contributed by atoms with Crippen LogP contribution in [0.5, 0.6) is 17.2 Å². The number of carbonyl (C=O) groups is 1. The standard InChI is InChI=1S/C21H25ClN2O4/c1-26-18-11-15(12-19(27-2)20(18)28-3)14-23-7-9-24(10-8-23)21(25)16-5-4-6-17(22)13-16/h4-6,11-13H,7-10,14H2,1-3H3. The van der Waals surface area contributed by atoms with Crippen LogP contribution in [-0.4, -0.2) is 63.2 Å². The molecular formula is C21H25ClN2O4. The zero-order valence-electron chi connectivity index (χ0n) is 16.4. The first-order valence-electron chi connectivity index (χ1n) is 9.11. The van der Waals surface area contributed by atoms with Crippen LogP contribution in [0.15, 0.2) is 36.4 Å². The zero-order valence-corrected chi connectivity index (χ0v) is 17.2. The van der Waals surface area contributed by atoms with Crippen LogP contribution in [-0.2, 0) is 6.54 Å². The topological polar surface area (TPSA) is 51.2 Å². The maximum Gasteiger partial charge on any atom is 0.253 e. The van der Waals surface area contributed by atoms with Gasteiger partial charge in [-0.3, -0.25) is 9.69 Å². The molecule has 0 spiro atoms. The Morgan fingerprint density at radius 2 is 1.61 bits per heavy atom. The molecule has 0 N–H and O–H groups in total. The summed E-state index contributed by atoms with van der Waals surface area (Å²) in [7, 11) is 4.82. The lowest BCUT2D eigenvalue weighted by Gasteiger charge is -2.35. The molecule has 0 radical (unpaired) electrons. The van der Waals surface area contributed by atoms with E-state index in [1.54, 1.807) is 45.6 Å². The summed E-state index contributed by atoms with van der Waals surface area (Å²) in [6, 6.07) is 11.0. The van der Waals surface area contributed by atoms with Crippen molar-refractivity contribution in [1.29, 1.82) is 0 Å². The van der Waals surface area contributed by atoms with Crippen LogP contribution in [0.1, 0.15) is 15.9 Å². The molecule has 1 amide bonds. The van der Waals surface area contributed by atoms with E-state index in [1.807, 2.05) is 17.0 Å². The van der Waals surface area contributed by atoms with Crippen molar-refractivity contribution in [3.8, 4) is 17.2 Å². The number of rotatable bonds is 6. The van der Waals surface area contributed by atoms with E-state index in [-0.39, 0.29) is 5.91 Å². The summed E-state index contributed by atoms with van der Waals surface area (Å²) in [5.74, 6) is 1.90. The fraction of sp³-hybridized carbons (Fsp3) is 0.381. The average molecular weight is 405 g/mol. The van der Waals surface area contributed by atoms with Crippen LogP contribution >= 0.6 is 11.6 Å². The molecule has 1 saturated heterocycles. The quantitative estimate of drug-likeness (QED) is 0.739. The smallest absolute Gasteiger partial charge is 0.253 e. The molecule has 2 aromatic carbocycles. The predicted octanol–water partition coefficient (Wildman–Crippen LogP) is 3.32. The normalized spacial score (nSPS) is 14.6. The van der Waals surface area contributed by atoms with Crippen LogP contribution in [0, 0.1) is 0 Å². The largest absolute Gasteiger partial charge is 0.493 e. The summed E-state index contributed by atoms with van der Waals surface area (Å²) >= 11 is 6.00. The molecule has 0 saturated carbocycles. The minimum atomic E-state index is 0.0231. The lowest BCUT2D eigenvalue weighted by Crippen LogP contribution is -2.48. The fourth-order valence-electron chi connectivity index (χ4n) is 3.40. The molecule has 0 aromatic heterocycles. The highest BCUT2D eigenvalue weighted by Gasteiger charge is 2.23. The Kier molecular flexibility index (Phi) is 6.65. The maximum atomic E-state index is 12.7. The molecule has 6 nitrogen and oxygen atoms in total. The van der Waals surface area contributed by atoms with Gasteiger partial charge in [-0.1, -0.05) is 17.7 Å². The number of amides is 1. The Balaban J connectivity index is 1.63. The van der Waals surface area contributed by atoms with Crippen molar-refractivity contribution in [1.82, 2.24) is 9.80 Å². The van der Waals surface area contributed by atoms with E-state index in [9.17, 15) is 4.79 Å². The van der Waals surface area contributed by atoms with Crippen molar-refractivity contribution >= 4 is 17.5 Å². The minimum absolute atomic E-state index is 0.0231. The van der Waals surface area contributed by atoms with Gasteiger partial charge in [0.15, 0.2) is 11.5 Å². The van der Waals surface area contributed by atoms with Crippen LogP contribution in [0.4, 0.5) is 0 Å². The van der Waals surface area contributed by atoms with E-state index in [0.29, 0.717) is 40.9 Å². The van der Waals surface area contributed by atoms with Gasteiger partial charge in [0, 0.05) is 43.3 Å². The Morgan fingerprint density at radius 1 is 0.964 bits per heavy atom. The van der Waals surface area contributed by atoms with Crippen molar-refractivity contribution in [3.63, 3.8) is 0 Å². The second-order valence-corrected chi connectivity index (χ2v) is 7.05. The Hall–Kier alpha value is -2.44. The molecular weight excluding hydrogens is 380 g/mol. The third-order valence-electron chi connectivity index (χ3n) is 4.86. The Labute approximate surface area is 170 Å². The Morgan fingerprint density at radius 3 is 2.14 bits per heavy atom. The molecule has 1 heterocycles. The summed E-state index contributed by atoms with van der Waals surface area (Å²) in [6.07, 6.45) is 0. The second-order valence-electron chi connectivity index (χ2n) is 6.61. The molecule has 0 aliphatic carbocycles. The highest BCUT2D eigenvalue weighted by molar-refractivity contribution is 6.30. The van der Waals surface area contributed by atoms with E-state index in [4.69, 9.17) is 25.8 Å². The van der Waals surface area contributed by atoms with Gasteiger partial charge in [0.05, 0.1) is 21.3 Å². The average Bonchev–Trinajstić information content (AvgIpc) is 2.73. The number of halogens is 1. The monoisotopic (exact) mass is 404 g/mol. The van der Waals surface area contributed by atoms with E-state index >= 15 is 0 Å². The van der Waals surface area contributed by atoms with Gasteiger partial charge < -0.3 is 19.1 Å². The van der Waals surface area contributed by atoms with Crippen LogP contribution in [0.3, 0.4) is 0 Å². The highest BCUT2D eigenvalue weighted by Crippen LogP contribution is 2.38. The Bertz CT molecular complexity index is 810. The lowest BCUT2D eigenvalue weighted by atomic mass is 10.1. The SMILES string of the molecule is COc1cc(CN2CCN(C(=O)c3cccc(Cl)c3)CC2)cc(OC)c1OC.